The second-order valence-electron chi connectivity index (χ2n) is 7.90. The van der Waals surface area contributed by atoms with Crippen molar-refractivity contribution >= 4 is 11.5 Å². The Balaban J connectivity index is 1.29. The number of amides is 1. The molecule has 0 radical (unpaired) electrons. The zero-order valence-electron chi connectivity index (χ0n) is 17.9. The van der Waals surface area contributed by atoms with Gasteiger partial charge in [0.25, 0.3) is 5.91 Å². The summed E-state index contributed by atoms with van der Waals surface area (Å²) >= 11 is 0. The van der Waals surface area contributed by atoms with Crippen LogP contribution in [-0.2, 0) is 0 Å². The Morgan fingerprint density at radius 2 is 1.56 bits per heavy atom. The van der Waals surface area contributed by atoms with E-state index in [1.165, 1.54) is 11.1 Å². The van der Waals surface area contributed by atoms with E-state index in [0.717, 1.165) is 23.1 Å². The van der Waals surface area contributed by atoms with Gasteiger partial charge in [-0.2, -0.15) is 0 Å². The number of nitrogens with zero attached hydrogens (tertiary/aromatic N) is 3. The van der Waals surface area contributed by atoms with Crippen LogP contribution in [0.1, 0.15) is 27.9 Å². The molecule has 1 aromatic heterocycles. The van der Waals surface area contributed by atoms with Crippen molar-refractivity contribution in [2.75, 3.05) is 13.1 Å². The number of rotatable bonds is 4. The molecule has 0 saturated carbocycles. The van der Waals surface area contributed by atoms with Gasteiger partial charge in [0.05, 0.1) is 0 Å². The van der Waals surface area contributed by atoms with Gasteiger partial charge in [-0.1, -0.05) is 54.6 Å². The van der Waals surface area contributed by atoms with Gasteiger partial charge >= 0.3 is 0 Å². The van der Waals surface area contributed by atoms with E-state index >= 15 is 0 Å². The average Bonchev–Trinajstić information content (AvgIpc) is 3.35. The van der Waals surface area contributed by atoms with Crippen molar-refractivity contribution in [1.82, 2.24) is 15.1 Å². The first-order valence-corrected chi connectivity index (χ1v) is 10.7. The summed E-state index contributed by atoms with van der Waals surface area (Å²) < 4.78 is 5.88. The summed E-state index contributed by atoms with van der Waals surface area (Å²) in [5.41, 5.74) is 5.97. The number of hydrogen-bond acceptors (Lipinski definition) is 4. The van der Waals surface area contributed by atoms with Gasteiger partial charge < -0.3 is 9.32 Å². The molecule has 0 N–H and O–H groups in total. The molecule has 2 heterocycles. The van der Waals surface area contributed by atoms with E-state index in [9.17, 15) is 4.79 Å². The summed E-state index contributed by atoms with van der Waals surface area (Å²) in [6.07, 6.45) is 3.01. The molecule has 158 valence electrons. The van der Waals surface area contributed by atoms with E-state index in [4.69, 9.17) is 4.42 Å². The van der Waals surface area contributed by atoms with Gasteiger partial charge in [0, 0.05) is 29.8 Å². The van der Waals surface area contributed by atoms with Crippen molar-refractivity contribution in [3.8, 4) is 22.9 Å². The van der Waals surface area contributed by atoms with E-state index in [1.54, 1.807) is 0 Å². The smallest absolute Gasteiger partial charge is 0.254 e. The Labute approximate surface area is 187 Å². The van der Waals surface area contributed by atoms with E-state index < -0.39 is 0 Å². The zero-order valence-corrected chi connectivity index (χ0v) is 17.9. The molecule has 5 heteroatoms. The molecule has 0 aliphatic carbocycles. The summed E-state index contributed by atoms with van der Waals surface area (Å²) in [5, 5.41) is 8.37. The van der Waals surface area contributed by atoms with Gasteiger partial charge in [0.2, 0.25) is 11.8 Å². The van der Waals surface area contributed by atoms with Crippen LogP contribution < -0.4 is 0 Å². The van der Waals surface area contributed by atoms with Crippen molar-refractivity contribution in [3.63, 3.8) is 0 Å². The molecule has 5 nitrogen and oxygen atoms in total. The van der Waals surface area contributed by atoms with Crippen molar-refractivity contribution < 1.29 is 9.21 Å². The minimum atomic E-state index is 0.0334. The molecular weight excluding hydrogens is 398 g/mol. The number of aromatic nitrogens is 2. The maximum absolute atomic E-state index is 13.0. The van der Waals surface area contributed by atoms with Gasteiger partial charge in [-0.25, -0.2) is 0 Å². The predicted octanol–water partition coefficient (Wildman–Crippen LogP) is 5.64. The lowest BCUT2D eigenvalue weighted by Gasteiger charge is -2.26. The van der Waals surface area contributed by atoms with Crippen LogP contribution in [0.25, 0.3) is 28.5 Å². The third kappa shape index (κ3) is 3.97. The van der Waals surface area contributed by atoms with Gasteiger partial charge in [0.15, 0.2) is 0 Å². The topological polar surface area (TPSA) is 59.2 Å². The summed E-state index contributed by atoms with van der Waals surface area (Å²) in [6.45, 7) is 3.34. The highest BCUT2D eigenvalue weighted by atomic mass is 16.4. The standard InChI is InChI=1S/C27H23N3O2/c1-19-7-5-6-10-24(19)26-29-28-25(32-26)22-11-13-23(14-12-22)27(31)30-17-15-21(16-18-30)20-8-3-2-4-9-20/h2-15H,16-18H2,1H3. The van der Waals surface area contributed by atoms with Crippen LogP contribution in [0.15, 0.2) is 89.4 Å². The minimum absolute atomic E-state index is 0.0334. The van der Waals surface area contributed by atoms with Crippen LogP contribution in [0.4, 0.5) is 0 Å². The molecule has 32 heavy (non-hydrogen) atoms. The predicted molar refractivity (Wildman–Crippen MR) is 125 cm³/mol. The summed E-state index contributed by atoms with van der Waals surface area (Å²) in [5.74, 6) is 0.967. The average molecular weight is 422 g/mol. The molecule has 5 rings (SSSR count). The lowest BCUT2D eigenvalue weighted by molar-refractivity contribution is 0.0773. The van der Waals surface area contributed by atoms with Crippen LogP contribution in [0.5, 0.6) is 0 Å². The Morgan fingerprint density at radius 3 is 2.28 bits per heavy atom. The number of benzene rings is 3. The molecule has 0 saturated heterocycles. The molecule has 4 aromatic rings. The molecule has 0 unspecified atom stereocenters. The van der Waals surface area contributed by atoms with Crippen molar-refractivity contribution in [2.24, 2.45) is 0 Å². The van der Waals surface area contributed by atoms with Crippen LogP contribution in [0, 0.1) is 6.92 Å². The first-order valence-electron chi connectivity index (χ1n) is 10.7. The molecule has 1 amide bonds. The summed E-state index contributed by atoms with van der Waals surface area (Å²) in [6, 6.07) is 25.6. The normalized spacial score (nSPS) is 13.7. The van der Waals surface area contributed by atoms with Crippen molar-refractivity contribution in [2.45, 2.75) is 13.3 Å². The van der Waals surface area contributed by atoms with Gasteiger partial charge in [-0.3, -0.25) is 4.79 Å². The third-order valence-corrected chi connectivity index (χ3v) is 5.82. The number of hydrogen-bond donors (Lipinski definition) is 0. The Hall–Kier alpha value is -3.99. The first kappa shape index (κ1) is 19.9. The molecule has 1 aliphatic rings. The van der Waals surface area contributed by atoms with Crippen LogP contribution >= 0.6 is 0 Å². The fourth-order valence-corrected chi connectivity index (χ4v) is 3.97. The monoisotopic (exact) mass is 421 g/mol. The Kier molecular flexibility index (Phi) is 5.38. The summed E-state index contributed by atoms with van der Waals surface area (Å²) in [7, 11) is 0. The van der Waals surface area contributed by atoms with Crippen LogP contribution in [-0.4, -0.2) is 34.1 Å². The van der Waals surface area contributed by atoms with E-state index in [2.05, 4.69) is 28.4 Å². The fourth-order valence-electron chi connectivity index (χ4n) is 3.97. The van der Waals surface area contributed by atoms with Gasteiger partial charge in [-0.15, -0.1) is 10.2 Å². The molecule has 0 fully saturated rings. The maximum atomic E-state index is 13.0. The molecule has 0 spiro atoms. The maximum Gasteiger partial charge on any atom is 0.254 e. The van der Waals surface area contributed by atoms with E-state index in [1.807, 2.05) is 78.6 Å². The number of aryl methyl sites for hydroxylation is 1. The van der Waals surface area contributed by atoms with Gasteiger partial charge in [-0.05, 0) is 60.4 Å². The lowest BCUT2D eigenvalue weighted by Crippen LogP contribution is -2.34. The first-order chi connectivity index (χ1) is 15.7. The second kappa shape index (κ2) is 8.63. The Bertz CT molecular complexity index is 1270. The lowest BCUT2D eigenvalue weighted by atomic mass is 9.99. The highest BCUT2D eigenvalue weighted by Gasteiger charge is 2.20. The fraction of sp³-hybridized carbons (Fsp3) is 0.148. The van der Waals surface area contributed by atoms with E-state index in [0.29, 0.717) is 30.4 Å². The highest BCUT2D eigenvalue weighted by molar-refractivity contribution is 5.95. The zero-order chi connectivity index (χ0) is 21.9. The van der Waals surface area contributed by atoms with Crippen LogP contribution in [0.2, 0.25) is 0 Å². The number of carbonyl (C=O) groups is 1. The molecule has 0 bridgehead atoms. The quantitative estimate of drug-likeness (QED) is 0.428. The van der Waals surface area contributed by atoms with Crippen molar-refractivity contribution in [1.29, 1.82) is 0 Å². The molecule has 1 aliphatic heterocycles. The molecule has 3 aromatic carbocycles. The summed E-state index contributed by atoms with van der Waals surface area (Å²) in [4.78, 5) is 14.8. The Morgan fingerprint density at radius 1 is 0.844 bits per heavy atom. The highest BCUT2D eigenvalue weighted by Crippen LogP contribution is 2.27. The number of carbonyl (C=O) groups excluding carboxylic acids is 1. The van der Waals surface area contributed by atoms with E-state index in [-0.39, 0.29) is 5.91 Å². The SMILES string of the molecule is Cc1ccccc1-c1nnc(-c2ccc(C(=O)N3CC=C(c4ccccc4)CC3)cc2)o1. The molecular formula is C27H23N3O2. The minimum Gasteiger partial charge on any atom is -0.416 e. The third-order valence-electron chi connectivity index (χ3n) is 5.82. The second-order valence-corrected chi connectivity index (χ2v) is 7.90. The molecule has 0 atom stereocenters. The van der Waals surface area contributed by atoms with Gasteiger partial charge in [0.1, 0.15) is 0 Å². The largest absolute Gasteiger partial charge is 0.416 e. The van der Waals surface area contributed by atoms with Crippen LogP contribution in [0.3, 0.4) is 0 Å². The van der Waals surface area contributed by atoms with Crippen molar-refractivity contribution in [3.05, 3.63) is 102 Å².